The molecule has 0 saturated carbocycles. The van der Waals surface area contributed by atoms with Crippen molar-refractivity contribution in [3.05, 3.63) is 58.6 Å². The Morgan fingerprint density at radius 2 is 1.89 bits per heavy atom. The van der Waals surface area contributed by atoms with E-state index in [0.717, 1.165) is 5.56 Å². The van der Waals surface area contributed by atoms with E-state index in [9.17, 15) is 0 Å². The Kier molecular flexibility index (Phi) is 4.27. The summed E-state index contributed by atoms with van der Waals surface area (Å²) in [5, 5.41) is 9.71. The number of rotatable bonds is 4. The summed E-state index contributed by atoms with van der Waals surface area (Å²) >= 11 is 5.82. The van der Waals surface area contributed by atoms with Crippen molar-refractivity contribution in [3.63, 3.8) is 0 Å². The van der Waals surface area contributed by atoms with Crippen molar-refractivity contribution >= 4 is 11.6 Å². The first kappa shape index (κ1) is 13.3. The van der Waals surface area contributed by atoms with Crippen molar-refractivity contribution in [1.82, 2.24) is 0 Å². The molecule has 0 spiro atoms. The lowest BCUT2D eigenvalue weighted by molar-refractivity contribution is 0.303. The number of nitrogens with zero attached hydrogens (tertiary/aromatic N) is 1. The number of halogens is 1. The third-order valence-corrected chi connectivity index (χ3v) is 2.87. The number of ether oxygens (including phenoxy) is 2. The number of hydrogen-bond acceptors (Lipinski definition) is 3. The molecule has 3 nitrogen and oxygen atoms in total. The highest BCUT2D eigenvalue weighted by Crippen LogP contribution is 2.25. The summed E-state index contributed by atoms with van der Waals surface area (Å²) in [5.74, 6) is 1.17. The van der Waals surface area contributed by atoms with Crippen molar-refractivity contribution in [2.75, 3.05) is 7.11 Å². The van der Waals surface area contributed by atoms with Crippen molar-refractivity contribution in [3.8, 4) is 17.6 Å². The van der Waals surface area contributed by atoms with Crippen LogP contribution in [0.2, 0.25) is 5.02 Å². The van der Waals surface area contributed by atoms with Crippen LogP contribution >= 0.6 is 11.6 Å². The number of methoxy groups -OCH3 is 1. The second kappa shape index (κ2) is 6.12. The Hall–Kier alpha value is -2.18. The average molecular weight is 274 g/mol. The molecule has 0 aromatic heterocycles. The van der Waals surface area contributed by atoms with E-state index in [0.29, 0.717) is 28.7 Å². The first-order valence-corrected chi connectivity index (χ1v) is 6.06. The minimum atomic E-state index is 0.374. The quantitative estimate of drug-likeness (QED) is 0.851. The van der Waals surface area contributed by atoms with E-state index < -0.39 is 0 Å². The molecule has 0 N–H and O–H groups in total. The van der Waals surface area contributed by atoms with Gasteiger partial charge in [-0.15, -0.1) is 0 Å². The molecule has 0 aliphatic heterocycles. The zero-order valence-electron chi connectivity index (χ0n) is 10.4. The molecule has 0 aliphatic rings. The summed E-state index contributed by atoms with van der Waals surface area (Å²) in [6, 6.07) is 14.6. The van der Waals surface area contributed by atoms with Gasteiger partial charge >= 0.3 is 0 Å². The third kappa shape index (κ3) is 3.40. The molecule has 0 heterocycles. The molecule has 19 heavy (non-hydrogen) atoms. The molecule has 0 saturated heterocycles. The molecule has 0 amide bonds. The molecule has 0 unspecified atom stereocenters. The molecule has 0 fully saturated rings. The van der Waals surface area contributed by atoms with Crippen LogP contribution in [0.15, 0.2) is 42.5 Å². The molecule has 0 radical (unpaired) electrons. The first-order valence-electron chi connectivity index (χ1n) is 5.68. The van der Waals surface area contributed by atoms with Gasteiger partial charge in [0.1, 0.15) is 24.2 Å². The smallest absolute Gasteiger partial charge is 0.141 e. The normalized spacial score (nSPS) is 9.74. The number of hydrogen-bond donors (Lipinski definition) is 0. The Bertz CT molecular complexity index is 603. The maximum Gasteiger partial charge on any atom is 0.141 e. The largest absolute Gasteiger partial charge is 0.497 e. The predicted molar refractivity (Wildman–Crippen MR) is 73.5 cm³/mol. The Morgan fingerprint density at radius 1 is 1.16 bits per heavy atom. The number of benzene rings is 2. The minimum absolute atomic E-state index is 0.374. The van der Waals surface area contributed by atoms with Gasteiger partial charge in [0.15, 0.2) is 0 Å². The molecule has 96 valence electrons. The van der Waals surface area contributed by atoms with Crippen LogP contribution < -0.4 is 9.47 Å². The van der Waals surface area contributed by atoms with E-state index in [1.54, 1.807) is 37.4 Å². The van der Waals surface area contributed by atoms with E-state index in [-0.39, 0.29) is 0 Å². The van der Waals surface area contributed by atoms with Crippen LogP contribution in [-0.4, -0.2) is 7.11 Å². The van der Waals surface area contributed by atoms with Crippen molar-refractivity contribution in [2.24, 2.45) is 0 Å². The van der Waals surface area contributed by atoms with Crippen molar-refractivity contribution in [2.45, 2.75) is 6.61 Å². The Morgan fingerprint density at radius 3 is 2.53 bits per heavy atom. The van der Waals surface area contributed by atoms with E-state index in [1.807, 2.05) is 12.1 Å². The second-order valence-corrected chi connectivity index (χ2v) is 4.33. The molecule has 4 heteroatoms. The van der Waals surface area contributed by atoms with Gasteiger partial charge in [0, 0.05) is 11.1 Å². The van der Waals surface area contributed by atoms with Crippen LogP contribution in [0.25, 0.3) is 0 Å². The fourth-order valence-corrected chi connectivity index (χ4v) is 1.71. The van der Waals surface area contributed by atoms with Gasteiger partial charge in [-0.25, -0.2) is 0 Å². The van der Waals surface area contributed by atoms with E-state index in [1.165, 1.54) is 0 Å². The molecule has 0 atom stereocenters. The van der Waals surface area contributed by atoms with E-state index >= 15 is 0 Å². The second-order valence-electron chi connectivity index (χ2n) is 3.89. The zero-order valence-corrected chi connectivity index (χ0v) is 11.1. The van der Waals surface area contributed by atoms with Gasteiger partial charge in [0.2, 0.25) is 0 Å². The minimum Gasteiger partial charge on any atom is -0.497 e. The highest BCUT2D eigenvalue weighted by molar-refractivity contribution is 6.30. The fourth-order valence-electron chi connectivity index (χ4n) is 1.58. The lowest BCUT2D eigenvalue weighted by Gasteiger charge is -2.09. The highest BCUT2D eigenvalue weighted by atomic mass is 35.5. The summed E-state index contributed by atoms with van der Waals surface area (Å²) in [4.78, 5) is 0. The maximum absolute atomic E-state index is 9.03. The highest BCUT2D eigenvalue weighted by Gasteiger charge is 2.05. The average Bonchev–Trinajstić information content (AvgIpc) is 2.46. The van der Waals surface area contributed by atoms with Crippen LogP contribution in [0.5, 0.6) is 11.5 Å². The van der Waals surface area contributed by atoms with Gasteiger partial charge in [0.05, 0.1) is 12.7 Å². The fraction of sp³-hybridized carbons (Fsp3) is 0.133. The molecular weight excluding hydrogens is 262 g/mol. The molecule has 2 rings (SSSR count). The van der Waals surface area contributed by atoms with Crippen LogP contribution in [0.3, 0.4) is 0 Å². The Labute approximate surface area is 117 Å². The van der Waals surface area contributed by atoms with Crippen LogP contribution in [0.4, 0.5) is 0 Å². The lowest BCUT2D eigenvalue weighted by atomic mass is 10.2. The lowest BCUT2D eigenvalue weighted by Crippen LogP contribution is -1.97. The van der Waals surface area contributed by atoms with Crippen molar-refractivity contribution < 1.29 is 9.47 Å². The molecule has 0 aliphatic carbocycles. The molecule has 2 aromatic rings. The van der Waals surface area contributed by atoms with Gasteiger partial charge in [0.25, 0.3) is 0 Å². The standard InChI is InChI=1S/C15H12ClNO2/c1-18-14-7-4-12(9-17)15(8-14)19-10-11-2-5-13(16)6-3-11/h2-8H,10H2,1H3. The van der Waals surface area contributed by atoms with Crippen LogP contribution in [0.1, 0.15) is 11.1 Å². The van der Waals surface area contributed by atoms with Gasteiger partial charge in [-0.3, -0.25) is 0 Å². The van der Waals surface area contributed by atoms with Gasteiger partial charge in [-0.2, -0.15) is 5.26 Å². The van der Waals surface area contributed by atoms with Crippen molar-refractivity contribution in [1.29, 1.82) is 5.26 Å². The summed E-state index contributed by atoms with van der Waals surface area (Å²) < 4.78 is 10.8. The van der Waals surface area contributed by atoms with Gasteiger partial charge in [-0.1, -0.05) is 23.7 Å². The third-order valence-electron chi connectivity index (χ3n) is 2.62. The Balaban J connectivity index is 2.14. The summed E-state index contributed by atoms with van der Waals surface area (Å²) in [5.41, 5.74) is 1.46. The SMILES string of the molecule is COc1ccc(C#N)c(OCc2ccc(Cl)cc2)c1. The topological polar surface area (TPSA) is 42.2 Å². The monoisotopic (exact) mass is 273 g/mol. The number of nitriles is 1. The predicted octanol–water partition coefficient (Wildman–Crippen LogP) is 3.80. The van der Waals surface area contributed by atoms with Gasteiger partial charge in [-0.05, 0) is 29.8 Å². The summed E-state index contributed by atoms with van der Waals surface area (Å²) in [7, 11) is 1.57. The van der Waals surface area contributed by atoms with E-state index in [2.05, 4.69) is 6.07 Å². The summed E-state index contributed by atoms with van der Waals surface area (Å²) in [6.07, 6.45) is 0. The summed E-state index contributed by atoms with van der Waals surface area (Å²) in [6.45, 7) is 0.374. The van der Waals surface area contributed by atoms with E-state index in [4.69, 9.17) is 26.3 Å². The van der Waals surface area contributed by atoms with Gasteiger partial charge < -0.3 is 9.47 Å². The first-order chi connectivity index (χ1) is 9.22. The zero-order chi connectivity index (χ0) is 13.7. The van der Waals surface area contributed by atoms with Crippen LogP contribution in [-0.2, 0) is 6.61 Å². The molecular formula is C15H12ClNO2. The van der Waals surface area contributed by atoms with Crippen LogP contribution in [0, 0.1) is 11.3 Å². The molecule has 2 aromatic carbocycles. The maximum atomic E-state index is 9.03. The molecule has 0 bridgehead atoms.